The van der Waals surface area contributed by atoms with Crippen LogP contribution in [0.5, 0.6) is 0 Å². The average molecular weight is 251 g/mol. The molecule has 98 valence electrons. The third kappa shape index (κ3) is 3.80. The van der Waals surface area contributed by atoms with Crippen molar-refractivity contribution in [3.63, 3.8) is 0 Å². The minimum atomic E-state index is -0.420. The molecule has 0 atom stereocenters. The van der Waals surface area contributed by atoms with E-state index in [4.69, 9.17) is 4.74 Å². The van der Waals surface area contributed by atoms with Crippen LogP contribution in [0.4, 0.5) is 0 Å². The Hall–Kier alpha value is -1.98. The van der Waals surface area contributed by atoms with Crippen LogP contribution < -0.4 is 0 Å². The lowest BCUT2D eigenvalue weighted by molar-refractivity contribution is -0.144. The van der Waals surface area contributed by atoms with Crippen molar-refractivity contribution in [1.82, 2.24) is 14.9 Å². The molecular weight excluding hydrogens is 234 g/mol. The molecule has 0 saturated heterocycles. The van der Waals surface area contributed by atoms with Crippen molar-refractivity contribution in [3.8, 4) is 0 Å². The van der Waals surface area contributed by atoms with Gasteiger partial charge in [-0.15, -0.1) is 0 Å². The van der Waals surface area contributed by atoms with Gasteiger partial charge in [0.05, 0.1) is 12.2 Å². The predicted octanol–water partition coefficient (Wildman–Crippen LogP) is 0.890. The number of amides is 1. The van der Waals surface area contributed by atoms with Gasteiger partial charge < -0.3 is 9.64 Å². The van der Waals surface area contributed by atoms with Crippen molar-refractivity contribution in [1.29, 1.82) is 0 Å². The molecule has 6 heteroatoms. The summed E-state index contributed by atoms with van der Waals surface area (Å²) in [5.74, 6) is -0.699. The van der Waals surface area contributed by atoms with Crippen LogP contribution in [0.25, 0.3) is 0 Å². The zero-order valence-corrected chi connectivity index (χ0v) is 10.8. The van der Waals surface area contributed by atoms with Gasteiger partial charge in [0.15, 0.2) is 0 Å². The Balaban J connectivity index is 2.79. The molecule has 0 aliphatic heterocycles. The summed E-state index contributed by atoms with van der Waals surface area (Å²) in [6, 6.07) is -0.109. The van der Waals surface area contributed by atoms with E-state index in [1.54, 1.807) is 6.92 Å². The second-order valence-electron chi connectivity index (χ2n) is 3.96. The van der Waals surface area contributed by atoms with Crippen LogP contribution in [-0.4, -0.2) is 45.9 Å². The molecule has 0 spiro atoms. The maximum absolute atomic E-state index is 12.2. The van der Waals surface area contributed by atoms with E-state index in [0.29, 0.717) is 12.2 Å². The third-order valence-electron chi connectivity index (χ3n) is 2.30. The maximum atomic E-state index is 12.2. The van der Waals surface area contributed by atoms with Crippen LogP contribution in [0.1, 0.15) is 31.1 Å². The van der Waals surface area contributed by atoms with Crippen LogP contribution in [0, 0.1) is 0 Å². The van der Waals surface area contributed by atoms with E-state index in [-0.39, 0.29) is 18.5 Å². The minimum absolute atomic E-state index is 0.0702. The topological polar surface area (TPSA) is 72.4 Å². The first kappa shape index (κ1) is 14.1. The number of aromatic nitrogens is 2. The van der Waals surface area contributed by atoms with E-state index < -0.39 is 5.97 Å². The molecule has 0 aromatic carbocycles. The predicted molar refractivity (Wildman–Crippen MR) is 64.8 cm³/mol. The standard InChI is InChI=1S/C12H17N3O3/c1-4-18-11(16)7-15(9(2)3)12(17)10-5-13-8-14-6-10/h5-6,8-9H,4,7H2,1-3H3. The normalized spacial score (nSPS) is 10.2. The minimum Gasteiger partial charge on any atom is -0.465 e. The monoisotopic (exact) mass is 251 g/mol. The summed E-state index contributed by atoms with van der Waals surface area (Å²) in [5.41, 5.74) is 0.357. The van der Waals surface area contributed by atoms with Gasteiger partial charge in [0.1, 0.15) is 12.9 Å². The molecule has 1 amide bonds. The Morgan fingerprint density at radius 1 is 1.33 bits per heavy atom. The summed E-state index contributed by atoms with van der Waals surface area (Å²) >= 11 is 0. The van der Waals surface area contributed by atoms with E-state index in [9.17, 15) is 9.59 Å². The Labute approximate surface area is 106 Å². The number of carbonyl (C=O) groups is 2. The molecule has 6 nitrogen and oxygen atoms in total. The zero-order valence-electron chi connectivity index (χ0n) is 10.8. The van der Waals surface area contributed by atoms with E-state index in [2.05, 4.69) is 9.97 Å². The Kier molecular flexibility index (Phi) is 5.23. The van der Waals surface area contributed by atoms with Gasteiger partial charge in [-0.1, -0.05) is 0 Å². The van der Waals surface area contributed by atoms with Crippen molar-refractivity contribution < 1.29 is 14.3 Å². The second-order valence-corrected chi connectivity index (χ2v) is 3.96. The smallest absolute Gasteiger partial charge is 0.325 e. The van der Waals surface area contributed by atoms with Gasteiger partial charge in [-0.3, -0.25) is 9.59 Å². The molecule has 18 heavy (non-hydrogen) atoms. The lowest BCUT2D eigenvalue weighted by Crippen LogP contribution is -2.41. The Morgan fingerprint density at radius 3 is 2.44 bits per heavy atom. The summed E-state index contributed by atoms with van der Waals surface area (Å²) < 4.78 is 4.84. The number of nitrogens with zero attached hydrogens (tertiary/aromatic N) is 3. The Bertz CT molecular complexity index is 406. The van der Waals surface area contributed by atoms with Crippen molar-refractivity contribution in [2.45, 2.75) is 26.8 Å². The number of esters is 1. The van der Waals surface area contributed by atoms with E-state index in [0.717, 1.165) is 0 Å². The number of ether oxygens (including phenoxy) is 1. The first-order valence-corrected chi connectivity index (χ1v) is 5.77. The third-order valence-corrected chi connectivity index (χ3v) is 2.30. The summed E-state index contributed by atoms with van der Waals surface area (Å²) in [6.45, 7) is 5.62. The van der Waals surface area contributed by atoms with Crippen LogP contribution >= 0.6 is 0 Å². The molecule has 0 bridgehead atoms. The van der Waals surface area contributed by atoms with Crippen molar-refractivity contribution in [2.24, 2.45) is 0 Å². The lowest BCUT2D eigenvalue weighted by Gasteiger charge is -2.25. The highest BCUT2D eigenvalue weighted by atomic mass is 16.5. The first-order valence-electron chi connectivity index (χ1n) is 5.77. The number of hydrogen-bond donors (Lipinski definition) is 0. The van der Waals surface area contributed by atoms with Gasteiger partial charge >= 0.3 is 5.97 Å². The fourth-order valence-electron chi connectivity index (χ4n) is 1.41. The fraction of sp³-hybridized carbons (Fsp3) is 0.500. The molecule has 0 saturated carbocycles. The van der Waals surface area contributed by atoms with Gasteiger partial charge in [-0.05, 0) is 20.8 Å². The number of hydrogen-bond acceptors (Lipinski definition) is 5. The number of carbonyl (C=O) groups excluding carboxylic acids is 2. The summed E-state index contributed by atoms with van der Waals surface area (Å²) in [6.07, 6.45) is 4.20. The molecule has 0 radical (unpaired) electrons. The highest BCUT2D eigenvalue weighted by Crippen LogP contribution is 2.06. The average Bonchev–Trinajstić information content (AvgIpc) is 2.36. The van der Waals surface area contributed by atoms with Crippen molar-refractivity contribution >= 4 is 11.9 Å². The lowest BCUT2D eigenvalue weighted by atomic mass is 10.2. The highest BCUT2D eigenvalue weighted by Gasteiger charge is 2.22. The maximum Gasteiger partial charge on any atom is 0.325 e. The van der Waals surface area contributed by atoms with Gasteiger partial charge in [-0.2, -0.15) is 0 Å². The summed E-state index contributed by atoms with van der Waals surface area (Å²) in [4.78, 5) is 32.6. The summed E-state index contributed by atoms with van der Waals surface area (Å²) in [5, 5.41) is 0. The quantitative estimate of drug-likeness (QED) is 0.727. The van der Waals surface area contributed by atoms with Crippen LogP contribution in [0.15, 0.2) is 18.7 Å². The van der Waals surface area contributed by atoms with E-state index >= 15 is 0 Å². The SMILES string of the molecule is CCOC(=O)CN(C(=O)c1cncnc1)C(C)C. The van der Waals surface area contributed by atoms with Crippen LogP contribution in [-0.2, 0) is 9.53 Å². The molecule has 0 fully saturated rings. The number of rotatable bonds is 5. The molecule has 0 unspecified atom stereocenters. The van der Waals surface area contributed by atoms with E-state index in [1.165, 1.54) is 23.6 Å². The molecular formula is C12H17N3O3. The van der Waals surface area contributed by atoms with Crippen molar-refractivity contribution in [2.75, 3.05) is 13.2 Å². The van der Waals surface area contributed by atoms with Gasteiger partial charge in [-0.25, -0.2) is 9.97 Å². The van der Waals surface area contributed by atoms with Gasteiger partial charge in [0.25, 0.3) is 5.91 Å². The second kappa shape index (κ2) is 6.68. The van der Waals surface area contributed by atoms with Crippen LogP contribution in [0.3, 0.4) is 0 Å². The van der Waals surface area contributed by atoms with E-state index in [1.807, 2.05) is 13.8 Å². The van der Waals surface area contributed by atoms with Gasteiger partial charge in [0.2, 0.25) is 0 Å². The molecule has 0 aliphatic rings. The fourth-order valence-corrected chi connectivity index (χ4v) is 1.41. The summed E-state index contributed by atoms with van der Waals surface area (Å²) in [7, 11) is 0. The van der Waals surface area contributed by atoms with Crippen molar-refractivity contribution in [3.05, 3.63) is 24.3 Å². The molecule has 0 N–H and O–H groups in total. The first-order chi connectivity index (χ1) is 8.56. The van der Waals surface area contributed by atoms with Crippen LogP contribution in [0.2, 0.25) is 0 Å². The molecule has 0 aliphatic carbocycles. The molecule has 1 aromatic rings. The molecule has 1 heterocycles. The Morgan fingerprint density at radius 2 is 1.94 bits per heavy atom. The highest BCUT2D eigenvalue weighted by molar-refractivity contribution is 5.95. The zero-order chi connectivity index (χ0) is 13.5. The largest absolute Gasteiger partial charge is 0.465 e. The van der Waals surface area contributed by atoms with Gasteiger partial charge in [0, 0.05) is 18.4 Å². The molecule has 1 rings (SSSR count). The molecule has 1 aromatic heterocycles.